The molecule has 0 spiro atoms. The Morgan fingerprint density at radius 3 is 2.80 bits per heavy atom. The van der Waals surface area contributed by atoms with Crippen LogP contribution in [-0.2, 0) is 6.54 Å². The Morgan fingerprint density at radius 2 is 2.10 bits per heavy atom. The fourth-order valence-corrected chi connectivity index (χ4v) is 1.68. The van der Waals surface area contributed by atoms with Crippen LogP contribution in [0.5, 0.6) is 0 Å². The van der Waals surface area contributed by atoms with Gasteiger partial charge in [0, 0.05) is 17.8 Å². The molecule has 1 aromatic heterocycles. The summed E-state index contributed by atoms with van der Waals surface area (Å²) in [5.41, 5.74) is -1.36. The highest BCUT2D eigenvalue weighted by Crippen LogP contribution is 2.14. The molecule has 6 nitrogen and oxygen atoms in total. The van der Waals surface area contributed by atoms with Crippen LogP contribution >= 0.6 is 11.6 Å². The molecule has 0 bridgehead atoms. The quantitative estimate of drug-likeness (QED) is 0.781. The maximum Gasteiger partial charge on any atom is 0.325 e. The molecule has 0 radical (unpaired) electrons. The lowest BCUT2D eigenvalue weighted by Gasteiger charge is -2.06. The van der Waals surface area contributed by atoms with Gasteiger partial charge in [-0.2, -0.15) is 0 Å². The zero-order valence-corrected chi connectivity index (χ0v) is 10.8. The molecule has 8 heteroatoms. The predicted octanol–water partition coefficient (Wildman–Crippen LogP) is 0.786. The third-order valence-corrected chi connectivity index (χ3v) is 2.74. The van der Waals surface area contributed by atoms with Gasteiger partial charge in [0.2, 0.25) is 0 Å². The van der Waals surface area contributed by atoms with Crippen LogP contribution in [0.15, 0.2) is 34.0 Å². The molecule has 2 aromatic rings. The third-order valence-electron chi connectivity index (χ3n) is 2.51. The van der Waals surface area contributed by atoms with Crippen molar-refractivity contribution in [2.45, 2.75) is 6.54 Å². The molecule has 0 unspecified atom stereocenters. The van der Waals surface area contributed by atoms with E-state index in [1.807, 2.05) is 4.98 Å². The summed E-state index contributed by atoms with van der Waals surface area (Å²) in [6.45, 7) is -0.156. The van der Waals surface area contributed by atoms with E-state index >= 15 is 0 Å². The highest BCUT2D eigenvalue weighted by Gasteiger charge is 2.12. The predicted molar refractivity (Wildman–Crippen MR) is 70.3 cm³/mol. The molecule has 0 atom stereocenters. The Kier molecular flexibility index (Phi) is 3.99. The van der Waals surface area contributed by atoms with Crippen LogP contribution in [-0.4, -0.2) is 15.9 Å². The van der Waals surface area contributed by atoms with E-state index in [-0.39, 0.29) is 22.7 Å². The summed E-state index contributed by atoms with van der Waals surface area (Å²) >= 11 is 5.68. The van der Waals surface area contributed by atoms with Gasteiger partial charge in [0.05, 0.1) is 11.1 Å². The molecule has 2 rings (SSSR count). The second-order valence-electron chi connectivity index (χ2n) is 3.90. The van der Waals surface area contributed by atoms with Crippen molar-refractivity contribution < 1.29 is 9.18 Å². The van der Waals surface area contributed by atoms with Crippen LogP contribution < -0.4 is 16.6 Å². The van der Waals surface area contributed by atoms with Crippen molar-refractivity contribution in [2.24, 2.45) is 0 Å². The summed E-state index contributed by atoms with van der Waals surface area (Å²) < 4.78 is 13.4. The van der Waals surface area contributed by atoms with Crippen LogP contribution in [0.1, 0.15) is 15.9 Å². The molecule has 1 heterocycles. The van der Waals surface area contributed by atoms with Crippen molar-refractivity contribution in [1.29, 1.82) is 0 Å². The molecule has 0 aliphatic heterocycles. The van der Waals surface area contributed by atoms with Gasteiger partial charge in [-0.25, -0.2) is 9.18 Å². The van der Waals surface area contributed by atoms with Crippen LogP contribution in [0.4, 0.5) is 4.39 Å². The lowest BCUT2D eigenvalue weighted by molar-refractivity contribution is 0.0946. The smallest absolute Gasteiger partial charge is 0.325 e. The third kappa shape index (κ3) is 3.12. The van der Waals surface area contributed by atoms with E-state index in [9.17, 15) is 18.8 Å². The molecular weight excluding hydrogens is 289 g/mol. The first-order valence-corrected chi connectivity index (χ1v) is 5.89. The molecule has 0 fully saturated rings. The van der Waals surface area contributed by atoms with Gasteiger partial charge < -0.3 is 10.3 Å². The fraction of sp³-hybridized carbons (Fsp3) is 0.0833. The Bertz CT molecular complexity index is 769. The zero-order valence-electron chi connectivity index (χ0n) is 10.00. The summed E-state index contributed by atoms with van der Waals surface area (Å²) in [7, 11) is 0. The van der Waals surface area contributed by atoms with E-state index in [2.05, 4.69) is 10.3 Å². The summed E-state index contributed by atoms with van der Waals surface area (Å²) in [4.78, 5) is 38.3. The maximum absolute atomic E-state index is 13.4. The maximum atomic E-state index is 13.4. The Hall–Kier alpha value is -2.41. The van der Waals surface area contributed by atoms with E-state index in [4.69, 9.17) is 11.6 Å². The van der Waals surface area contributed by atoms with Gasteiger partial charge in [-0.1, -0.05) is 11.6 Å². The Labute approximate surface area is 116 Å². The number of nitrogens with one attached hydrogen (secondary N) is 3. The molecule has 3 N–H and O–H groups in total. The fourth-order valence-electron chi connectivity index (χ4n) is 1.51. The van der Waals surface area contributed by atoms with Gasteiger partial charge >= 0.3 is 5.69 Å². The summed E-state index contributed by atoms with van der Waals surface area (Å²) in [5.74, 6) is -1.43. The summed E-state index contributed by atoms with van der Waals surface area (Å²) in [6, 6.07) is 3.58. The van der Waals surface area contributed by atoms with Crippen molar-refractivity contribution in [3.8, 4) is 0 Å². The highest BCUT2D eigenvalue weighted by atomic mass is 35.5. The number of aromatic nitrogens is 2. The first-order valence-electron chi connectivity index (χ1n) is 5.51. The lowest BCUT2D eigenvalue weighted by Crippen LogP contribution is -2.30. The number of rotatable bonds is 3. The number of hydrogen-bond donors (Lipinski definition) is 3. The van der Waals surface area contributed by atoms with E-state index in [0.29, 0.717) is 0 Å². The zero-order chi connectivity index (χ0) is 14.7. The molecule has 104 valence electrons. The van der Waals surface area contributed by atoms with Crippen molar-refractivity contribution in [3.05, 3.63) is 67.2 Å². The number of carbonyl (C=O) groups is 1. The number of H-pyrrole nitrogens is 2. The molecule has 1 amide bonds. The SMILES string of the molecule is O=C(NCc1c[nH]c(=O)[nH]c1=O)c1cc(Cl)ccc1F. The number of halogens is 2. The van der Waals surface area contributed by atoms with Crippen molar-refractivity contribution in [2.75, 3.05) is 0 Å². The molecular formula is C12H9ClFN3O3. The molecule has 1 aromatic carbocycles. The van der Waals surface area contributed by atoms with E-state index in [0.717, 1.165) is 6.07 Å². The monoisotopic (exact) mass is 297 g/mol. The van der Waals surface area contributed by atoms with Crippen LogP contribution in [0.25, 0.3) is 0 Å². The first kappa shape index (κ1) is 14.0. The number of benzene rings is 1. The Balaban J connectivity index is 2.14. The number of carbonyl (C=O) groups excluding carboxylic acids is 1. The van der Waals surface area contributed by atoms with Crippen molar-refractivity contribution >= 4 is 17.5 Å². The standard InChI is InChI=1S/C12H9ClFN3O3/c13-7-1-2-9(14)8(3-7)11(19)15-4-6-5-16-12(20)17-10(6)18/h1-3,5H,4H2,(H,15,19)(H2,16,17,18,20). The van der Waals surface area contributed by atoms with E-state index in [1.54, 1.807) is 0 Å². The number of hydrogen-bond acceptors (Lipinski definition) is 3. The minimum atomic E-state index is -0.720. The van der Waals surface area contributed by atoms with Gasteiger partial charge in [0.25, 0.3) is 11.5 Å². The number of amides is 1. The molecule has 20 heavy (non-hydrogen) atoms. The average molecular weight is 298 g/mol. The van der Waals surface area contributed by atoms with E-state index in [1.165, 1.54) is 18.3 Å². The topological polar surface area (TPSA) is 94.8 Å². The van der Waals surface area contributed by atoms with E-state index < -0.39 is 23.0 Å². The molecule has 0 saturated carbocycles. The van der Waals surface area contributed by atoms with Gasteiger partial charge in [-0.15, -0.1) is 0 Å². The van der Waals surface area contributed by atoms with Gasteiger partial charge in [0.15, 0.2) is 0 Å². The van der Waals surface area contributed by atoms with Crippen LogP contribution in [0.2, 0.25) is 5.02 Å². The molecule has 0 aliphatic carbocycles. The van der Waals surface area contributed by atoms with Crippen molar-refractivity contribution in [1.82, 2.24) is 15.3 Å². The Morgan fingerprint density at radius 1 is 1.35 bits per heavy atom. The van der Waals surface area contributed by atoms with Gasteiger partial charge in [-0.3, -0.25) is 14.6 Å². The van der Waals surface area contributed by atoms with Crippen LogP contribution in [0.3, 0.4) is 0 Å². The average Bonchev–Trinajstić information content (AvgIpc) is 2.40. The van der Waals surface area contributed by atoms with Crippen molar-refractivity contribution in [3.63, 3.8) is 0 Å². The summed E-state index contributed by atoms with van der Waals surface area (Å²) in [5, 5.41) is 2.58. The molecule has 0 aliphatic rings. The minimum absolute atomic E-state index is 0.139. The highest BCUT2D eigenvalue weighted by molar-refractivity contribution is 6.30. The second-order valence-corrected chi connectivity index (χ2v) is 4.34. The normalized spacial score (nSPS) is 10.3. The molecule has 0 saturated heterocycles. The lowest BCUT2D eigenvalue weighted by atomic mass is 10.2. The number of aromatic amines is 2. The minimum Gasteiger partial charge on any atom is -0.348 e. The first-order chi connectivity index (χ1) is 9.47. The second kappa shape index (κ2) is 5.70. The summed E-state index contributed by atoms with van der Waals surface area (Å²) in [6.07, 6.45) is 1.18. The van der Waals surface area contributed by atoms with Crippen LogP contribution in [0, 0.1) is 5.82 Å². The van der Waals surface area contributed by atoms with Gasteiger partial charge in [0.1, 0.15) is 5.82 Å². The largest absolute Gasteiger partial charge is 0.348 e. The van der Waals surface area contributed by atoms with Gasteiger partial charge in [-0.05, 0) is 18.2 Å².